The molecule has 5 nitrogen and oxygen atoms in total. The third kappa shape index (κ3) is 3.22. The third-order valence-electron chi connectivity index (χ3n) is 3.59. The van der Waals surface area contributed by atoms with Gasteiger partial charge in [0.05, 0.1) is 17.7 Å². The number of benzene rings is 1. The van der Waals surface area contributed by atoms with Gasteiger partial charge in [-0.3, -0.25) is 0 Å². The van der Waals surface area contributed by atoms with Crippen molar-refractivity contribution in [3.05, 3.63) is 41.1 Å². The molecule has 0 aromatic heterocycles. The van der Waals surface area contributed by atoms with Crippen LogP contribution in [0, 0.1) is 0 Å². The highest BCUT2D eigenvalue weighted by Crippen LogP contribution is 2.31. The van der Waals surface area contributed by atoms with E-state index < -0.39 is 0 Å². The van der Waals surface area contributed by atoms with Crippen molar-refractivity contribution in [2.45, 2.75) is 32.9 Å². The predicted octanol–water partition coefficient (Wildman–Crippen LogP) is 2.36. The van der Waals surface area contributed by atoms with E-state index in [4.69, 9.17) is 22.7 Å². The zero-order valence-electron chi connectivity index (χ0n) is 13.2. The number of nitrogens with two attached hydrogens (primary N) is 1. The van der Waals surface area contributed by atoms with Gasteiger partial charge in [0, 0.05) is 18.4 Å². The number of anilines is 1. The van der Waals surface area contributed by atoms with E-state index in [0.717, 1.165) is 11.3 Å². The van der Waals surface area contributed by atoms with E-state index in [2.05, 4.69) is 5.32 Å². The third-order valence-corrected chi connectivity index (χ3v) is 3.98. The van der Waals surface area contributed by atoms with Crippen LogP contribution in [0.3, 0.4) is 0 Å². The summed E-state index contributed by atoms with van der Waals surface area (Å²) in [5.74, 6) is -0.337. The topological polar surface area (TPSA) is 67.6 Å². The number of carbonyl (C=O) groups excluding carboxylic acids is 1. The van der Waals surface area contributed by atoms with Crippen molar-refractivity contribution in [2.24, 2.45) is 0 Å². The maximum absolute atomic E-state index is 12.5. The molecule has 1 aromatic rings. The number of allylic oxidation sites excluding steroid dienone is 1. The summed E-state index contributed by atoms with van der Waals surface area (Å²) in [6, 6.07) is 7.04. The lowest BCUT2D eigenvalue weighted by Crippen LogP contribution is -2.46. The van der Waals surface area contributed by atoms with Gasteiger partial charge in [0.15, 0.2) is 5.11 Å². The first-order valence-electron chi connectivity index (χ1n) is 7.12. The molecule has 6 heteroatoms. The van der Waals surface area contributed by atoms with Gasteiger partial charge in [-0.25, -0.2) is 4.79 Å². The first-order valence-corrected chi connectivity index (χ1v) is 7.53. The molecule has 3 N–H and O–H groups in total. The molecule has 0 bridgehead atoms. The number of hydrogen-bond donors (Lipinski definition) is 2. The zero-order chi connectivity index (χ0) is 16.4. The van der Waals surface area contributed by atoms with Crippen LogP contribution in [0.1, 0.15) is 32.4 Å². The van der Waals surface area contributed by atoms with E-state index in [9.17, 15) is 4.79 Å². The second kappa shape index (κ2) is 6.36. The van der Waals surface area contributed by atoms with E-state index in [-0.39, 0.29) is 18.1 Å². The molecule has 1 heterocycles. The van der Waals surface area contributed by atoms with Crippen molar-refractivity contribution >= 4 is 29.0 Å². The highest BCUT2D eigenvalue weighted by Gasteiger charge is 2.33. The van der Waals surface area contributed by atoms with Gasteiger partial charge in [0.25, 0.3) is 0 Å². The van der Waals surface area contributed by atoms with Crippen molar-refractivity contribution in [1.82, 2.24) is 10.2 Å². The quantitative estimate of drug-likeness (QED) is 0.506. The molecule has 22 heavy (non-hydrogen) atoms. The van der Waals surface area contributed by atoms with Gasteiger partial charge < -0.3 is 20.7 Å². The monoisotopic (exact) mass is 319 g/mol. The molecule has 0 saturated heterocycles. The number of rotatable bonds is 3. The summed E-state index contributed by atoms with van der Waals surface area (Å²) in [5, 5.41) is 3.76. The number of esters is 1. The normalized spacial score (nSPS) is 18.5. The summed E-state index contributed by atoms with van der Waals surface area (Å²) in [4.78, 5) is 14.3. The molecular formula is C16H21N3O2S. The highest BCUT2D eigenvalue weighted by molar-refractivity contribution is 7.80. The number of nitrogens with zero attached hydrogens (tertiary/aromatic N) is 1. The average molecular weight is 319 g/mol. The molecule has 118 valence electrons. The Morgan fingerprint density at radius 1 is 1.36 bits per heavy atom. The summed E-state index contributed by atoms with van der Waals surface area (Å²) in [5.41, 5.74) is 8.68. The van der Waals surface area contributed by atoms with Gasteiger partial charge in [-0.2, -0.15) is 0 Å². The molecule has 1 aliphatic rings. The molecular weight excluding hydrogens is 298 g/mol. The molecule has 1 aliphatic heterocycles. The molecule has 0 radical (unpaired) electrons. The van der Waals surface area contributed by atoms with E-state index in [1.807, 2.05) is 40.0 Å². The minimum atomic E-state index is -0.337. The molecule has 1 aromatic carbocycles. The fourth-order valence-electron chi connectivity index (χ4n) is 2.32. The number of nitrogens with one attached hydrogen (secondary N) is 1. The summed E-state index contributed by atoms with van der Waals surface area (Å²) < 4.78 is 5.39. The maximum Gasteiger partial charge on any atom is 0.338 e. The Balaban J connectivity index is 2.47. The Morgan fingerprint density at radius 2 is 1.95 bits per heavy atom. The van der Waals surface area contributed by atoms with Crippen molar-refractivity contribution in [3.8, 4) is 0 Å². The lowest BCUT2D eigenvalue weighted by molar-refractivity contribution is -0.143. The van der Waals surface area contributed by atoms with Crippen LogP contribution in [0.15, 0.2) is 35.5 Å². The lowest BCUT2D eigenvalue weighted by Gasteiger charge is -2.35. The summed E-state index contributed by atoms with van der Waals surface area (Å²) in [6.07, 6.45) is -0.181. The van der Waals surface area contributed by atoms with Gasteiger partial charge >= 0.3 is 5.97 Å². The van der Waals surface area contributed by atoms with E-state index in [1.54, 1.807) is 17.0 Å². The number of carbonyl (C=O) groups is 1. The van der Waals surface area contributed by atoms with Crippen LogP contribution in [0.4, 0.5) is 5.69 Å². The Labute approximate surface area is 136 Å². The number of thiocarbonyl (C=S) groups is 1. The highest BCUT2D eigenvalue weighted by atomic mass is 32.1. The molecule has 0 fully saturated rings. The van der Waals surface area contributed by atoms with Crippen LogP contribution < -0.4 is 11.1 Å². The number of nitrogen functional groups attached to an aromatic ring is 1. The molecule has 0 saturated carbocycles. The van der Waals surface area contributed by atoms with Gasteiger partial charge in [-0.1, -0.05) is 12.1 Å². The summed E-state index contributed by atoms with van der Waals surface area (Å²) in [7, 11) is 1.83. The van der Waals surface area contributed by atoms with Crippen LogP contribution in [0.25, 0.3) is 0 Å². The van der Waals surface area contributed by atoms with E-state index in [0.29, 0.717) is 16.4 Å². The molecule has 0 aliphatic carbocycles. The van der Waals surface area contributed by atoms with Crippen molar-refractivity contribution in [3.63, 3.8) is 0 Å². The second-order valence-electron chi connectivity index (χ2n) is 5.56. The van der Waals surface area contributed by atoms with Gasteiger partial charge in [-0.15, -0.1) is 0 Å². The van der Waals surface area contributed by atoms with Crippen molar-refractivity contribution in [2.75, 3.05) is 12.8 Å². The first-order chi connectivity index (χ1) is 10.3. The average Bonchev–Trinajstić information content (AvgIpc) is 2.44. The van der Waals surface area contributed by atoms with Crippen LogP contribution in [-0.4, -0.2) is 29.1 Å². The summed E-state index contributed by atoms with van der Waals surface area (Å²) >= 11 is 5.34. The molecule has 0 spiro atoms. The fraction of sp³-hybridized carbons (Fsp3) is 0.375. The van der Waals surface area contributed by atoms with Crippen molar-refractivity contribution in [1.29, 1.82) is 0 Å². The largest absolute Gasteiger partial charge is 0.459 e. The van der Waals surface area contributed by atoms with E-state index in [1.165, 1.54) is 0 Å². The number of hydrogen-bond acceptors (Lipinski definition) is 4. The molecule has 2 rings (SSSR count). The lowest BCUT2D eigenvalue weighted by atomic mass is 9.95. The van der Waals surface area contributed by atoms with Crippen LogP contribution >= 0.6 is 12.2 Å². The van der Waals surface area contributed by atoms with Crippen molar-refractivity contribution < 1.29 is 9.53 Å². The summed E-state index contributed by atoms with van der Waals surface area (Å²) in [6.45, 7) is 5.53. The fourth-order valence-corrected chi connectivity index (χ4v) is 2.57. The second-order valence-corrected chi connectivity index (χ2v) is 5.95. The molecule has 1 atom stereocenters. The van der Waals surface area contributed by atoms with Crippen LogP contribution in [-0.2, 0) is 9.53 Å². The Kier molecular flexibility index (Phi) is 4.71. The standard InChI is InChI=1S/C16H21N3O2S/c1-9(2)21-15(20)13-10(3)19(4)16(22)18-14(13)11-5-7-12(17)8-6-11/h5-9,14H,17H2,1-4H3,(H,18,22). The van der Waals surface area contributed by atoms with Gasteiger partial charge in [0.2, 0.25) is 0 Å². The minimum absolute atomic E-state index is 0.181. The minimum Gasteiger partial charge on any atom is -0.459 e. The SMILES string of the molecule is CC1=C(C(=O)OC(C)C)C(c2ccc(N)cc2)NC(=S)N1C. The molecule has 0 amide bonds. The Bertz CT molecular complexity index is 623. The maximum atomic E-state index is 12.5. The van der Waals surface area contributed by atoms with E-state index >= 15 is 0 Å². The zero-order valence-corrected chi connectivity index (χ0v) is 14.0. The van der Waals surface area contributed by atoms with Gasteiger partial charge in [0.1, 0.15) is 0 Å². The van der Waals surface area contributed by atoms with Crippen LogP contribution in [0.5, 0.6) is 0 Å². The Hall–Kier alpha value is -2.08. The first kappa shape index (κ1) is 16.3. The smallest absolute Gasteiger partial charge is 0.338 e. The van der Waals surface area contributed by atoms with Gasteiger partial charge in [-0.05, 0) is 50.7 Å². The molecule has 1 unspecified atom stereocenters. The predicted molar refractivity (Wildman–Crippen MR) is 91.0 cm³/mol. The number of ether oxygens (including phenoxy) is 1. The van der Waals surface area contributed by atoms with Crippen LogP contribution in [0.2, 0.25) is 0 Å². The Morgan fingerprint density at radius 3 is 2.50 bits per heavy atom.